The lowest BCUT2D eigenvalue weighted by Gasteiger charge is -2.40. The zero-order valence-corrected chi connectivity index (χ0v) is 33.3. The number of piperidine rings is 1. The number of halogens is 1. The Labute approximate surface area is 328 Å². The number of rotatable bonds is 16. The van der Waals surface area contributed by atoms with E-state index < -0.39 is 0 Å². The molecule has 0 N–H and O–H groups in total. The number of hydrogen-bond donors (Lipinski definition) is 0. The first-order valence-electron chi connectivity index (χ1n) is 20.0. The molecule has 1 aliphatic heterocycles. The van der Waals surface area contributed by atoms with Gasteiger partial charge in [-0.25, -0.2) is 4.39 Å². The number of likely N-dealkylation sites (tertiary alicyclic amines) is 1. The zero-order valence-electron chi connectivity index (χ0n) is 33.3. The summed E-state index contributed by atoms with van der Waals surface area (Å²) in [6.45, 7) is 10.4. The summed E-state index contributed by atoms with van der Waals surface area (Å²) in [4.78, 5) is 9.74. The van der Waals surface area contributed by atoms with Crippen LogP contribution in [0.1, 0.15) is 86.3 Å². The molecule has 6 rings (SSSR count). The van der Waals surface area contributed by atoms with E-state index in [9.17, 15) is 4.39 Å². The number of ether oxygens (including phenoxy) is 2. The van der Waals surface area contributed by atoms with Crippen LogP contribution in [0, 0.1) is 18.2 Å². The predicted octanol–water partition coefficient (Wildman–Crippen LogP) is 11.1. The third-order valence-corrected chi connectivity index (χ3v) is 10.9. The van der Waals surface area contributed by atoms with Crippen LogP contribution in [0.4, 0.5) is 10.1 Å². The summed E-state index contributed by atoms with van der Waals surface area (Å²) in [7, 11) is 3.22. The molecule has 0 unspecified atom stereocenters. The van der Waals surface area contributed by atoms with Crippen molar-refractivity contribution in [2.45, 2.75) is 91.3 Å². The van der Waals surface area contributed by atoms with Gasteiger partial charge in [0.1, 0.15) is 5.82 Å². The molecular weight excluding hydrogens is 682 g/mol. The van der Waals surface area contributed by atoms with Gasteiger partial charge in [0, 0.05) is 55.9 Å². The van der Waals surface area contributed by atoms with Crippen LogP contribution in [0.15, 0.2) is 91.3 Å². The SMILES string of the molecule is C#Cc1cc(-c2cccc(CN(c3ccc(F)cc3)C3CCN(Cc4cncc(-c5cc(CCC)c(CCC)c(CCC)c5)c4)CC3)c2)cc(OC)c1OC. The molecule has 0 aliphatic carbocycles. The van der Waals surface area contributed by atoms with Gasteiger partial charge >= 0.3 is 0 Å². The number of methoxy groups -OCH3 is 2. The quantitative estimate of drug-likeness (QED) is 0.0943. The summed E-state index contributed by atoms with van der Waals surface area (Å²) in [5.74, 6) is 3.67. The number of hydrogen-bond acceptors (Lipinski definition) is 5. The molecule has 1 saturated heterocycles. The highest BCUT2D eigenvalue weighted by Gasteiger charge is 2.26. The summed E-state index contributed by atoms with van der Waals surface area (Å²) in [5, 5.41) is 0. The highest BCUT2D eigenvalue weighted by atomic mass is 19.1. The topological polar surface area (TPSA) is 37.8 Å². The first-order chi connectivity index (χ1) is 26.9. The molecule has 1 aromatic heterocycles. The van der Waals surface area contributed by atoms with Crippen molar-refractivity contribution in [3.8, 4) is 46.1 Å². The van der Waals surface area contributed by atoms with Crippen molar-refractivity contribution in [3.05, 3.63) is 130 Å². The van der Waals surface area contributed by atoms with Crippen LogP contribution >= 0.6 is 0 Å². The van der Waals surface area contributed by atoms with Crippen LogP contribution < -0.4 is 14.4 Å². The maximum atomic E-state index is 14.1. The number of pyridine rings is 1. The molecule has 2 heterocycles. The van der Waals surface area contributed by atoms with E-state index in [1.807, 2.05) is 36.7 Å². The second-order valence-electron chi connectivity index (χ2n) is 14.8. The molecule has 0 atom stereocenters. The third kappa shape index (κ3) is 9.58. The van der Waals surface area contributed by atoms with Gasteiger partial charge in [0.15, 0.2) is 11.5 Å². The highest BCUT2D eigenvalue weighted by molar-refractivity contribution is 5.72. The number of terminal acetylenes is 1. The second kappa shape index (κ2) is 19.0. The maximum absolute atomic E-state index is 14.1. The second-order valence-corrected chi connectivity index (χ2v) is 14.8. The monoisotopic (exact) mass is 737 g/mol. The molecule has 5 nitrogen and oxygen atoms in total. The van der Waals surface area contributed by atoms with Gasteiger partial charge in [-0.3, -0.25) is 9.88 Å². The van der Waals surface area contributed by atoms with Gasteiger partial charge in [-0.15, -0.1) is 6.42 Å². The van der Waals surface area contributed by atoms with Crippen LogP contribution in [-0.2, 0) is 32.4 Å². The summed E-state index contributed by atoms with van der Waals surface area (Å²) in [5.41, 5.74) is 13.2. The van der Waals surface area contributed by atoms with E-state index in [2.05, 4.69) is 79.0 Å². The van der Waals surface area contributed by atoms with E-state index in [1.54, 1.807) is 31.9 Å². The van der Waals surface area contributed by atoms with Gasteiger partial charge in [-0.1, -0.05) is 76.3 Å². The maximum Gasteiger partial charge on any atom is 0.176 e. The third-order valence-electron chi connectivity index (χ3n) is 10.9. The van der Waals surface area contributed by atoms with E-state index in [4.69, 9.17) is 20.9 Å². The summed E-state index contributed by atoms with van der Waals surface area (Å²) < 4.78 is 25.3. The Hall–Kier alpha value is -5.12. The highest BCUT2D eigenvalue weighted by Crippen LogP contribution is 2.37. The Bertz CT molecular complexity index is 2050. The summed E-state index contributed by atoms with van der Waals surface area (Å²) >= 11 is 0. The molecule has 0 radical (unpaired) electrons. The van der Waals surface area contributed by atoms with Crippen LogP contribution in [0.2, 0.25) is 0 Å². The Morgan fingerprint density at radius 3 is 2.07 bits per heavy atom. The van der Waals surface area contributed by atoms with Gasteiger partial charge in [0.25, 0.3) is 0 Å². The normalized spacial score (nSPS) is 13.4. The van der Waals surface area contributed by atoms with Crippen molar-refractivity contribution in [1.82, 2.24) is 9.88 Å². The van der Waals surface area contributed by atoms with Crippen molar-refractivity contribution in [2.75, 3.05) is 32.2 Å². The van der Waals surface area contributed by atoms with Crippen LogP contribution in [0.25, 0.3) is 22.3 Å². The Morgan fingerprint density at radius 1 is 0.764 bits per heavy atom. The Balaban J connectivity index is 1.19. The molecular formula is C49H56FN3O2. The van der Waals surface area contributed by atoms with Crippen molar-refractivity contribution in [2.24, 2.45) is 0 Å². The lowest BCUT2D eigenvalue weighted by molar-refractivity contribution is 0.200. The van der Waals surface area contributed by atoms with Gasteiger partial charge in [-0.05, 0) is 125 Å². The van der Waals surface area contributed by atoms with Crippen molar-refractivity contribution in [3.63, 3.8) is 0 Å². The van der Waals surface area contributed by atoms with E-state index in [1.165, 1.54) is 34.2 Å². The van der Waals surface area contributed by atoms with Crippen molar-refractivity contribution in [1.29, 1.82) is 0 Å². The molecule has 0 saturated carbocycles. The fraction of sp³-hybridized carbons (Fsp3) is 0.367. The van der Waals surface area contributed by atoms with Gasteiger partial charge < -0.3 is 14.4 Å². The lowest BCUT2D eigenvalue weighted by Crippen LogP contribution is -2.44. The molecule has 4 aromatic carbocycles. The summed E-state index contributed by atoms with van der Waals surface area (Å²) in [6.07, 6.45) is 18.8. The fourth-order valence-electron chi connectivity index (χ4n) is 8.25. The van der Waals surface area contributed by atoms with Crippen LogP contribution in [0.3, 0.4) is 0 Å². The summed E-state index contributed by atoms with van der Waals surface area (Å²) in [6, 6.07) is 26.9. The minimum absolute atomic E-state index is 0.228. The number of aryl methyl sites for hydroxylation is 2. The first kappa shape index (κ1) is 39.6. The van der Waals surface area contributed by atoms with E-state index in [0.29, 0.717) is 29.6 Å². The molecule has 0 spiro atoms. The van der Waals surface area contributed by atoms with Gasteiger partial charge in [0.2, 0.25) is 0 Å². The number of aromatic nitrogens is 1. The Morgan fingerprint density at radius 2 is 1.44 bits per heavy atom. The average molecular weight is 738 g/mol. The molecule has 286 valence electrons. The van der Waals surface area contributed by atoms with Gasteiger partial charge in [0.05, 0.1) is 19.8 Å². The average Bonchev–Trinajstić information content (AvgIpc) is 3.21. The van der Waals surface area contributed by atoms with Crippen molar-refractivity contribution >= 4 is 5.69 Å². The molecule has 6 heteroatoms. The first-order valence-corrected chi connectivity index (χ1v) is 20.0. The van der Waals surface area contributed by atoms with E-state index >= 15 is 0 Å². The molecule has 5 aromatic rings. The largest absolute Gasteiger partial charge is 0.493 e. The minimum atomic E-state index is -0.228. The number of nitrogens with zero attached hydrogens (tertiary/aromatic N) is 3. The minimum Gasteiger partial charge on any atom is -0.493 e. The predicted molar refractivity (Wildman–Crippen MR) is 225 cm³/mol. The molecule has 55 heavy (non-hydrogen) atoms. The fourth-order valence-corrected chi connectivity index (χ4v) is 8.25. The molecule has 1 aliphatic rings. The Kier molecular flexibility index (Phi) is 13.6. The van der Waals surface area contributed by atoms with E-state index in [-0.39, 0.29) is 5.82 Å². The smallest absolute Gasteiger partial charge is 0.176 e. The van der Waals surface area contributed by atoms with E-state index in [0.717, 1.165) is 87.0 Å². The number of benzene rings is 4. The van der Waals surface area contributed by atoms with Crippen LogP contribution in [0.5, 0.6) is 11.5 Å². The van der Waals surface area contributed by atoms with Crippen molar-refractivity contribution < 1.29 is 13.9 Å². The number of anilines is 1. The van der Waals surface area contributed by atoms with Crippen LogP contribution in [-0.4, -0.2) is 43.2 Å². The zero-order chi connectivity index (χ0) is 38.7. The molecule has 1 fully saturated rings. The standard InChI is InChI=1S/C49H56FN3O2/c1-7-12-39-28-41(29-40(13-8-2)47(39)14-9-3)43-26-36(31-51-32-43)33-52-23-21-46(22-24-52)53(45-19-17-44(50)18-20-45)34-35-15-11-16-38(25-35)42-27-37(10-4)49(55-6)48(30-42)54-5/h4,11,15-20,25-32,46H,7-9,12-14,21-24,33-34H2,1-3,5-6H3. The molecule has 0 amide bonds. The molecule has 0 bridgehead atoms. The van der Waals surface area contributed by atoms with Gasteiger partial charge in [-0.2, -0.15) is 0 Å². The lowest BCUT2D eigenvalue weighted by atomic mass is 9.88.